The molecule has 0 spiro atoms. The second kappa shape index (κ2) is 8.05. The van der Waals surface area contributed by atoms with E-state index >= 15 is 0 Å². The van der Waals surface area contributed by atoms with Gasteiger partial charge in [-0.2, -0.15) is 0 Å². The summed E-state index contributed by atoms with van der Waals surface area (Å²) in [6.07, 6.45) is -0.374. The Morgan fingerprint density at radius 3 is 2.56 bits per heavy atom. The first kappa shape index (κ1) is 18.1. The molecule has 0 bridgehead atoms. The number of likely N-dealkylation sites (N-methyl/N-ethyl adjacent to an activating group) is 1. The Morgan fingerprint density at radius 1 is 1.28 bits per heavy atom. The van der Waals surface area contributed by atoms with Gasteiger partial charge in [0.2, 0.25) is 0 Å². The molecule has 0 aliphatic carbocycles. The zero-order valence-corrected chi connectivity index (χ0v) is 13.9. The highest BCUT2D eigenvalue weighted by atomic mass is 16.6. The lowest BCUT2D eigenvalue weighted by Gasteiger charge is -2.22. The summed E-state index contributed by atoms with van der Waals surface area (Å²) in [5, 5.41) is 10.8. The molecule has 0 aliphatic heterocycles. The molecular weight excluding hydrogens is 324 g/mol. The molecule has 0 radical (unpaired) electrons. The minimum Gasteiger partial charge on any atom is -0.480 e. The van der Waals surface area contributed by atoms with E-state index in [1.807, 2.05) is 30.3 Å². The highest BCUT2D eigenvalue weighted by molar-refractivity contribution is 5.83. The molecule has 7 nitrogen and oxygen atoms in total. The lowest BCUT2D eigenvalue weighted by Crippen LogP contribution is -2.37. The Bertz CT molecular complexity index is 776. The fourth-order valence-electron chi connectivity index (χ4n) is 2.34. The number of nitro groups is 1. The third-order valence-electron chi connectivity index (χ3n) is 3.62. The summed E-state index contributed by atoms with van der Waals surface area (Å²) >= 11 is 0. The van der Waals surface area contributed by atoms with Crippen LogP contribution < -0.4 is 4.74 Å². The van der Waals surface area contributed by atoms with Crippen molar-refractivity contribution in [1.82, 2.24) is 4.90 Å². The molecule has 7 heteroatoms. The summed E-state index contributed by atoms with van der Waals surface area (Å²) in [5.41, 5.74) is 0.795. The summed E-state index contributed by atoms with van der Waals surface area (Å²) < 4.78 is 5.55. The number of hydrogen-bond acceptors (Lipinski definition) is 5. The maximum Gasteiger partial charge on any atom is 0.270 e. The van der Waals surface area contributed by atoms with Crippen LogP contribution in [0.5, 0.6) is 5.75 Å². The number of ether oxygens (including phenoxy) is 1. The van der Waals surface area contributed by atoms with Crippen molar-refractivity contribution in [1.29, 1.82) is 0 Å². The lowest BCUT2D eigenvalue weighted by atomic mass is 10.2. The van der Waals surface area contributed by atoms with Gasteiger partial charge in [-0.15, -0.1) is 0 Å². The number of carbonyl (C=O) groups excluding carboxylic acids is 2. The average molecular weight is 342 g/mol. The number of benzene rings is 2. The SMILES string of the molecule is C[C@H](Oc1ccc([N+](=O)[O-])cc1C=O)C(=O)N(C)Cc1ccccc1. The van der Waals surface area contributed by atoms with Gasteiger partial charge in [0, 0.05) is 25.7 Å². The monoisotopic (exact) mass is 342 g/mol. The van der Waals surface area contributed by atoms with E-state index < -0.39 is 11.0 Å². The van der Waals surface area contributed by atoms with Crippen molar-refractivity contribution in [2.45, 2.75) is 19.6 Å². The van der Waals surface area contributed by atoms with Crippen LogP contribution in [0.2, 0.25) is 0 Å². The van der Waals surface area contributed by atoms with Crippen molar-refractivity contribution in [3.05, 3.63) is 69.8 Å². The van der Waals surface area contributed by atoms with E-state index in [9.17, 15) is 19.7 Å². The molecule has 0 saturated carbocycles. The minimum atomic E-state index is -0.839. The minimum absolute atomic E-state index is 0.0274. The van der Waals surface area contributed by atoms with Crippen LogP contribution in [-0.4, -0.2) is 35.2 Å². The number of hydrogen-bond donors (Lipinski definition) is 0. The lowest BCUT2D eigenvalue weighted by molar-refractivity contribution is -0.384. The first-order valence-corrected chi connectivity index (χ1v) is 7.61. The van der Waals surface area contributed by atoms with Crippen LogP contribution >= 0.6 is 0 Å². The van der Waals surface area contributed by atoms with Gasteiger partial charge in [-0.25, -0.2) is 0 Å². The predicted molar refractivity (Wildman–Crippen MR) is 91.5 cm³/mol. The molecule has 2 aromatic rings. The summed E-state index contributed by atoms with van der Waals surface area (Å²) in [6, 6.07) is 13.2. The van der Waals surface area contributed by atoms with Crippen LogP contribution in [0.25, 0.3) is 0 Å². The molecule has 0 heterocycles. The van der Waals surface area contributed by atoms with Crippen LogP contribution in [0.1, 0.15) is 22.8 Å². The van der Waals surface area contributed by atoms with E-state index in [-0.39, 0.29) is 22.9 Å². The molecule has 0 N–H and O–H groups in total. The van der Waals surface area contributed by atoms with Crippen molar-refractivity contribution < 1.29 is 19.2 Å². The smallest absolute Gasteiger partial charge is 0.270 e. The van der Waals surface area contributed by atoms with E-state index in [1.54, 1.807) is 14.0 Å². The third kappa shape index (κ3) is 4.63. The maximum atomic E-state index is 12.4. The maximum absolute atomic E-state index is 12.4. The van der Waals surface area contributed by atoms with Gasteiger partial charge in [-0.05, 0) is 18.6 Å². The zero-order valence-electron chi connectivity index (χ0n) is 13.9. The summed E-state index contributed by atoms with van der Waals surface area (Å²) in [6.45, 7) is 1.99. The number of nitro benzene ring substituents is 1. The second-order valence-electron chi connectivity index (χ2n) is 5.54. The average Bonchev–Trinajstić information content (AvgIpc) is 2.61. The number of rotatable bonds is 7. The molecule has 2 aromatic carbocycles. The predicted octanol–water partition coefficient (Wildman–Crippen LogP) is 2.83. The molecule has 0 saturated heterocycles. The van der Waals surface area contributed by atoms with Crippen molar-refractivity contribution in [3.63, 3.8) is 0 Å². The van der Waals surface area contributed by atoms with E-state index in [1.165, 1.54) is 17.0 Å². The van der Waals surface area contributed by atoms with Gasteiger partial charge in [-0.3, -0.25) is 19.7 Å². The van der Waals surface area contributed by atoms with Crippen LogP contribution in [0.15, 0.2) is 48.5 Å². The molecule has 25 heavy (non-hydrogen) atoms. The van der Waals surface area contributed by atoms with Crippen LogP contribution in [0.3, 0.4) is 0 Å². The summed E-state index contributed by atoms with van der Waals surface area (Å²) in [7, 11) is 1.66. The number of carbonyl (C=O) groups is 2. The first-order valence-electron chi connectivity index (χ1n) is 7.61. The van der Waals surface area contributed by atoms with Crippen molar-refractivity contribution in [2.24, 2.45) is 0 Å². The Kier molecular flexibility index (Phi) is 5.84. The Hall–Kier alpha value is -3.22. The fourth-order valence-corrected chi connectivity index (χ4v) is 2.34. The number of nitrogens with zero attached hydrogens (tertiary/aromatic N) is 2. The Balaban J connectivity index is 2.08. The van der Waals surface area contributed by atoms with Crippen molar-refractivity contribution in [3.8, 4) is 5.75 Å². The van der Waals surface area contributed by atoms with Gasteiger partial charge in [0.1, 0.15) is 5.75 Å². The number of non-ortho nitro benzene ring substituents is 1. The van der Waals surface area contributed by atoms with Gasteiger partial charge in [-0.1, -0.05) is 30.3 Å². The molecule has 1 atom stereocenters. The quantitative estimate of drug-likeness (QED) is 0.438. The Morgan fingerprint density at radius 2 is 1.96 bits per heavy atom. The standard InChI is InChI=1S/C18H18N2O5/c1-13(18(22)19(2)11-14-6-4-3-5-7-14)25-17-9-8-16(20(23)24)10-15(17)12-21/h3-10,12-13H,11H2,1-2H3/t13-/m0/s1. The first-order chi connectivity index (χ1) is 11.9. The van der Waals surface area contributed by atoms with E-state index in [2.05, 4.69) is 0 Å². The molecule has 0 fully saturated rings. The van der Waals surface area contributed by atoms with Crippen LogP contribution in [-0.2, 0) is 11.3 Å². The van der Waals surface area contributed by atoms with Gasteiger partial charge in [0.25, 0.3) is 11.6 Å². The number of aldehydes is 1. The van der Waals surface area contributed by atoms with Crippen molar-refractivity contribution in [2.75, 3.05) is 7.05 Å². The largest absolute Gasteiger partial charge is 0.480 e. The van der Waals surface area contributed by atoms with Crippen LogP contribution in [0.4, 0.5) is 5.69 Å². The second-order valence-corrected chi connectivity index (χ2v) is 5.54. The van der Waals surface area contributed by atoms with Gasteiger partial charge >= 0.3 is 0 Å². The van der Waals surface area contributed by atoms with Gasteiger partial charge < -0.3 is 9.64 Å². The molecule has 1 amide bonds. The number of amides is 1. The molecule has 0 unspecified atom stereocenters. The van der Waals surface area contributed by atoms with Gasteiger partial charge in [0.05, 0.1) is 10.5 Å². The van der Waals surface area contributed by atoms with E-state index in [4.69, 9.17) is 4.74 Å². The third-order valence-corrected chi connectivity index (χ3v) is 3.62. The fraction of sp³-hybridized carbons (Fsp3) is 0.222. The normalized spacial score (nSPS) is 11.4. The topological polar surface area (TPSA) is 89.7 Å². The van der Waals surface area contributed by atoms with Gasteiger partial charge in [0.15, 0.2) is 12.4 Å². The highest BCUT2D eigenvalue weighted by Crippen LogP contribution is 2.24. The zero-order chi connectivity index (χ0) is 18.4. The Labute approximate surface area is 145 Å². The highest BCUT2D eigenvalue weighted by Gasteiger charge is 2.21. The molecule has 0 aliphatic rings. The van der Waals surface area contributed by atoms with E-state index in [0.29, 0.717) is 12.8 Å². The van der Waals surface area contributed by atoms with Crippen molar-refractivity contribution >= 4 is 17.9 Å². The van der Waals surface area contributed by atoms with E-state index in [0.717, 1.165) is 11.6 Å². The molecule has 130 valence electrons. The van der Waals surface area contributed by atoms with Crippen LogP contribution in [0, 0.1) is 10.1 Å². The molecule has 2 rings (SSSR count). The summed E-state index contributed by atoms with van der Waals surface area (Å²) in [5.74, 6) is -0.131. The molecule has 0 aromatic heterocycles. The molecular formula is C18H18N2O5. The summed E-state index contributed by atoms with van der Waals surface area (Å²) in [4.78, 5) is 35.2.